The van der Waals surface area contributed by atoms with Crippen LogP contribution in [0.1, 0.15) is 36.6 Å². The number of amidine groups is 1. The highest BCUT2D eigenvalue weighted by molar-refractivity contribution is 7.90. The zero-order valence-electron chi connectivity index (χ0n) is 22.0. The number of fused-ring (bicyclic) bond motifs is 2. The van der Waals surface area contributed by atoms with Crippen LogP contribution in [0.3, 0.4) is 0 Å². The van der Waals surface area contributed by atoms with Gasteiger partial charge >= 0.3 is 12.2 Å². The SMILES string of the molecule is CC1(Cl)C=CC2(C)C3=C1NC(=O)CN3C(=O)N1C(c3ccc(C(F)(F)F)cc3)=NC(c3ccc(S(C)(=O)=O)cc3)C12. The van der Waals surface area contributed by atoms with Crippen molar-refractivity contribution < 1.29 is 31.2 Å². The van der Waals surface area contributed by atoms with E-state index >= 15 is 0 Å². The Bertz CT molecular complexity index is 1700. The minimum Gasteiger partial charge on any atom is -0.325 e. The summed E-state index contributed by atoms with van der Waals surface area (Å²) < 4.78 is 64.1. The highest BCUT2D eigenvalue weighted by Gasteiger charge is 2.62. The number of allylic oxidation sites excluding steroid dienone is 1. The van der Waals surface area contributed by atoms with Crippen molar-refractivity contribution in [1.82, 2.24) is 15.1 Å². The van der Waals surface area contributed by atoms with E-state index in [1.54, 1.807) is 25.1 Å². The van der Waals surface area contributed by atoms with E-state index in [9.17, 15) is 31.2 Å². The maximum atomic E-state index is 14.2. The summed E-state index contributed by atoms with van der Waals surface area (Å²) in [4.78, 5) is 33.5. The first-order valence-corrected chi connectivity index (χ1v) is 14.9. The summed E-state index contributed by atoms with van der Waals surface area (Å²) >= 11 is 6.78. The van der Waals surface area contributed by atoms with E-state index in [0.29, 0.717) is 17.0 Å². The first-order chi connectivity index (χ1) is 19.0. The molecule has 4 atom stereocenters. The van der Waals surface area contributed by atoms with Crippen molar-refractivity contribution in [1.29, 1.82) is 0 Å². The fourth-order valence-electron chi connectivity index (χ4n) is 6.07. The van der Waals surface area contributed by atoms with Crippen LogP contribution < -0.4 is 5.32 Å². The van der Waals surface area contributed by atoms with E-state index < -0.39 is 55.9 Å². The van der Waals surface area contributed by atoms with Gasteiger partial charge in [0.2, 0.25) is 5.91 Å². The summed E-state index contributed by atoms with van der Waals surface area (Å²) in [7, 11) is -3.48. The molecule has 1 saturated heterocycles. The number of hydrogen-bond acceptors (Lipinski definition) is 5. The van der Waals surface area contributed by atoms with Crippen molar-refractivity contribution in [2.75, 3.05) is 12.8 Å². The molecule has 8 nitrogen and oxygen atoms in total. The molecule has 1 fully saturated rings. The van der Waals surface area contributed by atoms with E-state index in [1.807, 2.05) is 13.0 Å². The van der Waals surface area contributed by atoms with Crippen molar-refractivity contribution in [3.63, 3.8) is 0 Å². The largest absolute Gasteiger partial charge is 0.416 e. The number of hydrogen-bond donors (Lipinski definition) is 1. The lowest BCUT2D eigenvalue weighted by Crippen LogP contribution is -2.67. The van der Waals surface area contributed by atoms with Crippen LogP contribution in [0.4, 0.5) is 18.0 Å². The quantitative estimate of drug-likeness (QED) is 0.408. The first-order valence-electron chi connectivity index (χ1n) is 12.6. The average Bonchev–Trinajstić information content (AvgIpc) is 3.31. The van der Waals surface area contributed by atoms with Gasteiger partial charge in [-0.15, -0.1) is 11.6 Å². The number of carbonyl (C=O) groups is 2. The molecule has 41 heavy (non-hydrogen) atoms. The Hall–Kier alpha value is -3.64. The molecule has 0 saturated carbocycles. The van der Waals surface area contributed by atoms with E-state index in [-0.39, 0.29) is 22.8 Å². The Labute approximate surface area is 239 Å². The second-order valence-corrected chi connectivity index (χ2v) is 13.8. The summed E-state index contributed by atoms with van der Waals surface area (Å²) in [6.45, 7) is 3.32. The molecule has 2 aromatic rings. The van der Waals surface area contributed by atoms with Gasteiger partial charge in [0.25, 0.3) is 0 Å². The molecular weight excluding hydrogens is 581 g/mol. The summed E-state index contributed by atoms with van der Waals surface area (Å²) in [5.41, 5.74) is -0.00601. The van der Waals surface area contributed by atoms with Crippen molar-refractivity contribution in [3.8, 4) is 0 Å². The molecule has 1 N–H and O–H groups in total. The number of amides is 3. The van der Waals surface area contributed by atoms with Crippen LogP contribution in [0.2, 0.25) is 0 Å². The number of alkyl halides is 4. The van der Waals surface area contributed by atoms with Crippen molar-refractivity contribution >= 4 is 39.2 Å². The molecule has 6 rings (SSSR count). The smallest absolute Gasteiger partial charge is 0.325 e. The Morgan fingerprint density at radius 3 is 2.24 bits per heavy atom. The van der Waals surface area contributed by atoms with Gasteiger partial charge in [-0.3, -0.25) is 19.6 Å². The summed E-state index contributed by atoms with van der Waals surface area (Å²) in [5, 5.41) is 2.84. The fourth-order valence-corrected chi connectivity index (χ4v) is 6.90. The number of benzene rings is 2. The molecule has 13 heteroatoms. The second kappa shape index (κ2) is 8.68. The second-order valence-electron chi connectivity index (χ2n) is 11.0. The lowest BCUT2D eigenvalue weighted by atomic mass is 9.67. The number of nitrogens with one attached hydrogen (secondary N) is 1. The number of carbonyl (C=O) groups excluding carboxylic acids is 2. The molecule has 4 unspecified atom stereocenters. The van der Waals surface area contributed by atoms with Gasteiger partial charge in [0, 0.05) is 11.8 Å². The lowest BCUT2D eigenvalue weighted by molar-refractivity contribution is -0.137. The monoisotopic (exact) mass is 604 g/mol. The van der Waals surface area contributed by atoms with Gasteiger partial charge < -0.3 is 5.32 Å². The average molecular weight is 605 g/mol. The van der Waals surface area contributed by atoms with E-state index in [4.69, 9.17) is 16.6 Å². The number of sulfone groups is 1. The van der Waals surface area contributed by atoms with Crippen LogP contribution >= 0.6 is 11.6 Å². The first kappa shape index (κ1) is 27.5. The Morgan fingerprint density at radius 1 is 1.02 bits per heavy atom. The van der Waals surface area contributed by atoms with Gasteiger partial charge in [0.15, 0.2) is 9.84 Å². The Kier molecular flexibility index (Phi) is 5.83. The predicted molar refractivity (Wildman–Crippen MR) is 145 cm³/mol. The number of aliphatic imine (C=N–C) groups is 1. The zero-order chi connectivity index (χ0) is 29.7. The minimum atomic E-state index is -4.55. The molecule has 0 bridgehead atoms. The van der Waals surface area contributed by atoms with Crippen LogP contribution in [-0.4, -0.2) is 59.7 Å². The maximum absolute atomic E-state index is 14.2. The molecule has 4 aliphatic rings. The fraction of sp³-hybridized carbons (Fsp3) is 0.321. The van der Waals surface area contributed by atoms with Gasteiger partial charge in [-0.25, -0.2) is 13.2 Å². The third-order valence-corrected chi connectivity index (χ3v) is 9.50. The number of rotatable bonds is 3. The van der Waals surface area contributed by atoms with Gasteiger partial charge in [-0.2, -0.15) is 13.2 Å². The summed E-state index contributed by atoms with van der Waals surface area (Å²) in [6, 6.07) is 8.52. The van der Waals surface area contributed by atoms with Gasteiger partial charge in [0.1, 0.15) is 17.3 Å². The van der Waals surface area contributed by atoms with E-state index in [0.717, 1.165) is 18.4 Å². The number of halogens is 4. The Morgan fingerprint density at radius 2 is 1.66 bits per heavy atom. The maximum Gasteiger partial charge on any atom is 0.416 e. The molecule has 3 heterocycles. The standard InChI is InChI=1S/C28H24ClF3N4O4S/c1-26-12-13-27(2,29)21-23(26)35(14-19(37)33-21)25(38)36-22(26)20(15-6-10-18(11-7-15)41(3,39)40)34-24(36)16-4-8-17(9-5-16)28(30,31)32/h4-13,20,22H,14H2,1-3H3,(H,33,37). The molecule has 2 aromatic carbocycles. The van der Waals surface area contributed by atoms with Crippen molar-refractivity contribution in [3.05, 3.63) is 88.8 Å². The summed E-state index contributed by atoms with van der Waals surface area (Å²) in [5.74, 6) is -0.286. The summed E-state index contributed by atoms with van der Waals surface area (Å²) in [6.07, 6.45) is 0.160. The van der Waals surface area contributed by atoms with Crippen LogP contribution in [0.5, 0.6) is 0 Å². The predicted octanol–water partition coefficient (Wildman–Crippen LogP) is 4.63. The third kappa shape index (κ3) is 4.18. The van der Waals surface area contributed by atoms with Crippen LogP contribution in [0, 0.1) is 5.41 Å². The van der Waals surface area contributed by atoms with Crippen molar-refractivity contribution in [2.45, 2.75) is 41.9 Å². The minimum absolute atomic E-state index is 0.107. The van der Waals surface area contributed by atoms with Gasteiger partial charge in [0.05, 0.1) is 39.4 Å². The molecule has 3 amide bonds. The number of nitrogens with zero attached hydrogens (tertiary/aromatic N) is 3. The normalized spacial score (nSPS) is 29.3. The molecule has 0 radical (unpaired) electrons. The molecular formula is C28H24ClF3N4O4S. The lowest BCUT2D eigenvalue weighted by Gasteiger charge is -2.55. The highest BCUT2D eigenvalue weighted by Crippen LogP contribution is 2.56. The van der Waals surface area contributed by atoms with Gasteiger partial charge in [-0.05, 0) is 43.7 Å². The molecule has 214 valence electrons. The van der Waals surface area contributed by atoms with Crippen LogP contribution in [-0.2, 0) is 20.8 Å². The number of urea groups is 1. The Balaban J connectivity index is 1.56. The topological polar surface area (TPSA) is 99.2 Å². The molecule has 1 aliphatic carbocycles. The van der Waals surface area contributed by atoms with Crippen LogP contribution in [0.25, 0.3) is 0 Å². The van der Waals surface area contributed by atoms with Gasteiger partial charge in [-0.1, -0.05) is 36.4 Å². The zero-order valence-corrected chi connectivity index (χ0v) is 23.6. The molecule has 0 aromatic heterocycles. The molecule has 3 aliphatic heterocycles. The van der Waals surface area contributed by atoms with Crippen LogP contribution in [0.15, 0.2) is 82.0 Å². The van der Waals surface area contributed by atoms with E-state index in [2.05, 4.69) is 5.32 Å². The van der Waals surface area contributed by atoms with E-state index in [1.165, 1.54) is 34.1 Å². The molecule has 0 spiro atoms. The van der Waals surface area contributed by atoms with Crippen molar-refractivity contribution in [2.24, 2.45) is 10.4 Å². The third-order valence-electron chi connectivity index (χ3n) is 8.05. The highest BCUT2D eigenvalue weighted by atomic mass is 35.5.